The normalized spacial score (nSPS) is 18.9. The number of benzene rings is 1. The van der Waals surface area contributed by atoms with Crippen molar-refractivity contribution in [1.29, 1.82) is 0 Å². The zero-order valence-electron chi connectivity index (χ0n) is 13.1. The molecule has 0 saturated carbocycles. The number of rotatable bonds is 4. The molecule has 0 aliphatic carbocycles. The van der Waals surface area contributed by atoms with Crippen LogP contribution in [-0.2, 0) is 0 Å². The Bertz CT molecular complexity index is 477. The van der Waals surface area contributed by atoms with E-state index in [4.69, 9.17) is 5.73 Å². The van der Waals surface area contributed by atoms with Gasteiger partial charge in [0.15, 0.2) is 0 Å². The van der Waals surface area contributed by atoms with Crippen LogP contribution in [-0.4, -0.2) is 48.3 Å². The molecule has 5 heteroatoms. The molecule has 1 aromatic rings. The number of hydrogen-bond donors (Lipinski definition) is 2. The van der Waals surface area contributed by atoms with Crippen molar-refractivity contribution in [3.63, 3.8) is 0 Å². The molecular weight excluding hydrogens is 269 g/mol. The van der Waals surface area contributed by atoms with E-state index in [0.717, 1.165) is 31.7 Å². The number of aliphatic hydroxyl groups is 1. The summed E-state index contributed by atoms with van der Waals surface area (Å²) in [7, 11) is 0. The molecule has 4 nitrogen and oxygen atoms in total. The largest absolute Gasteiger partial charge is 0.389 e. The monoisotopic (exact) mass is 295 g/mol. The van der Waals surface area contributed by atoms with Gasteiger partial charge in [-0.05, 0) is 32.4 Å². The van der Waals surface area contributed by atoms with Crippen molar-refractivity contribution in [1.82, 2.24) is 4.90 Å². The zero-order chi connectivity index (χ0) is 15.6. The van der Waals surface area contributed by atoms with E-state index in [-0.39, 0.29) is 11.9 Å². The van der Waals surface area contributed by atoms with Gasteiger partial charge in [0.2, 0.25) is 0 Å². The fourth-order valence-corrected chi connectivity index (χ4v) is 2.91. The highest BCUT2D eigenvalue weighted by Gasteiger charge is 2.25. The quantitative estimate of drug-likeness (QED) is 0.888. The third-order valence-electron chi connectivity index (χ3n) is 3.81. The third-order valence-corrected chi connectivity index (χ3v) is 3.81. The summed E-state index contributed by atoms with van der Waals surface area (Å²) in [5.41, 5.74) is 6.75. The van der Waals surface area contributed by atoms with E-state index in [1.165, 1.54) is 6.07 Å². The predicted octanol–water partition coefficient (Wildman–Crippen LogP) is 1.74. The van der Waals surface area contributed by atoms with E-state index >= 15 is 0 Å². The number of piperazine rings is 1. The minimum atomic E-state index is -0.697. The van der Waals surface area contributed by atoms with Crippen LogP contribution >= 0.6 is 0 Å². The molecule has 0 radical (unpaired) electrons. The fraction of sp³-hybridized carbons (Fsp3) is 0.625. The summed E-state index contributed by atoms with van der Waals surface area (Å²) in [6.07, 6.45) is 0. The van der Waals surface area contributed by atoms with Gasteiger partial charge in [-0.15, -0.1) is 0 Å². The van der Waals surface area contributed by atoms with Crippen LogP contribution in [0.3, 0.4) is 0 Å². The Labute approximate surface area is 126 Å². The first-order valence-electron chi connectivity index (χ1n) is 7.51. The third kappa shape index (κ3) is 4.15. The SMILES string of the molecule is CC(N)c1cccc(F)c1N1CCN(CC(C)(C)O)CC1. The highest BCUT2D eigenvalue weighted by molar-refractivity contribution is 5.56. The Hall–Kier alpha value is -1.17. The molecule has 0 bridgehead atoms. The summed E-state index contributed by atoms with van der Waals surface area (Å²) in [6.45, 7) is 9.26. The number of nitrogens with two attached hydrogens (primary N) is 1. The maximum absolute atomic E-state index is 14.2. The maximum atomic E-state index is 14.2. The van der Waals surface area contributed by atoms with Gasteiger partial charge < -0.3 is 15.7 Å². The second kappa shape index (κ2) is 6.30. The maximum Gasteiger partial charge on any atom is 0.146 e. The van der Waals surface area contributed by atoms with Gasteiger partial charge >= 0.3 is 0 Å². The predicted molar refractivity (Wildman–Crippen MR) is 84.0 cm³/mol. The minimum Gasteiger partial charge on any atom is -0.389 e. The highest BCUT2D eigenvalue weighted by Crippen LogP contribution is 2.29. The van der Waals surface area contributed by atoms with Crippen molar-refractivity contribution < 1.29 is 9.50 Å². The lowest BCUT2D eigenvalue weighted by Gasteiger charge is -2.39. The van der Waals surface area contributed by atoms with Gasteiger partial charge in [-0.25, -0.2) is 4.39 Å². The van der Waals surface area contributed by atoms with Crippen LogP contribution in [0.4, 0.5) is 10.1 Å². The van der Waals surface area contributed by atoms with E-state index in [0.29, 0.717) is 12.2 Å². The van der Waals surface area contributed by atoms with Gasteiger partial charge in [0.1, 0.15) is 5.82 Å². The molecule has 1 heterocycles. The molecule has 1 saturated heterocycles. The summed E-state index contributed by atoms with van der Waals surface area (Å²) in [5.74, 6) is -0.208. The highest BCUT2D eigenvalue weighted by atomic mass is 19.1. The van der Waals surface area contributed by atoms with Gasteiger partial charge in [-0.2, -0.15) is 0 Å². The van der Waals surface area contributed by atoms with Crippen LogP contribution in [0, 0.1) is 5.82 Å². The van der Waals surface area contributed by atoms with E-state index in [1.54, 1.807) is 6.07 Å². The van der Waals surface area contributed by atoms with E-state index < -0.39 is 5.60 Å². The number of β-amino-alcohol motifs (C(OH)–C–C–N with tert-alkyl or cyclic N) is 1. The molecule has 2 rings (SSSR count). The van der Waals surface area contributed by atoms with Gasteiger partial charge in [0, 0.05) is 38.8 Å². The first kappa shape index (κ1) is 16.2. The molecule has 0 spiro atoms. The molecule has 1 aliphatic heterocycles. The van der Waals surface area contributed by atoms with E-state index in [1.807, 2.05) is 26.8 Å². The van der Waals surface area contributed by atoms with Crippen molar-refractivity contribution in [3.8, 4) is 0 Å². The standard InChI is InChI=1S/C16H26FN3O/c1-12(18)13-5-4-6-14(17)15(13)20-9-7-19(8-10-20)11-16(2,3)21/h4-6,12,21H,7-11,18H2,1-3H3. The Morgan fingerprint density at radius 1 is 1.29 bits per heavy atom. The molecule has 1 aliphatic rings. The van der Waals surface area contributed by atoms with Crippen molar-refractivity contribution in [3.05, 3.63) is 29.6 Å². The summed E-state index contributed by atoms with van der Waals surface area (Å²) in [5, 5.41) is 9.88. The summed E-state index contributed by atoms with van der Waals surface area (Å²) >= 11 is 0. The van der Waals surface area contributed by atoms with E-state index in [9.17, 15) is 9.50 Å². The lowest BCUT2D eigenvalue weighted by atomic mass is 10.0. The van der Waals surface area contributed by atoms with Crippen molar-refractivity contribution in [2.24, 2.45) is 5.73 Å². The van der Waals surface area contributed by atoms with Crippen molar-refractivity contribution in [2.75, 3.05) is 37.6 Å². The summed E-state index contributed by atoms with van der Waals surface area (Å²) in [4.78, 5) is 4.28. The van der Waals surface area contributed by atoms with Crippen LogP contribution in [0.5, 0.6) is 0 Å². The Morgan fingerprint density at radius 2 is 1.90 bits per heavy atom. The van der Waals surface area contributed by atoms with Gasteiger partial charge in [-0.3, -0.25) is 4.90 Å². The summed E-state index contributed by atoms with van der Waals surface area (Å²) in [6, 6.07) is 4.91. The number of nitrogens with zero attached hydrogens (tertiary/aromatic N) is 2. The second-order valence-electron chi connectivity index (χ2n) is 6.54. The van der Waals surface area contributed by atoms with Crippen molar-refractivity contribution >= 4 is 5.69 Å². The number of anilines is 1. The lowest BCUT2D eigenvalue weighted by Crippen LogP contribution is -2.51. The molecule has 3 N–H and O–H groups in total. The molecule has 1 aromatic carbocycles. The first-order valence-corrected chi connectivity index (χ1v) is 7.51. The number of hydrogen-bond acceptors (Lipinski definition) is 4. The molecule has 0 aromatic heterocycles. The smallest absolute Gasteiger partial charge is 0.146 e. The topological polar surface area (TPSA) is 52.7 Å². The van der Waals surface area contributed by atoms with Gasteiger partial charge in [0.25, 0.3) is 0 Å². The Morgan fingerprint density at radius 3 is 2.43 bits per heavy atom. The zero-order valence-corrected chi connectivity index (χ0v) is 13.1. The molecule has 0 amide bonds. The summed E-state index contributed by atoms with van der Waals surface area (Å²) < 4.78 is 14.2. The second-order valence-corrected chi connectivity index (χ2v) is 6.54. The van der Waals surface area contributed by atoms with Crippen molar-refractivity contribution in [2.45, 2.75) is 32.4 Å². The lowest BCUT2D eigenvalue weighted by molar-refractivity contribution is 0.0344. The average molecular weight is 295 g/mol. The molecule has 21 heavy (non-hydrogen) atoms. The molecule has 1 unspecified atom stereocenters. The van der Waals surface area contributed by atoms with Crippen LogP contribution < -0.4 is 10.6 Å². The molecule has 1 fully saturated rings. The molecule has 1 atom stereocenters. The molecule has 118 valence electrons. The Balaban J connectivity index is 2.09. The van der Waals surface area contributed by atoms with Crippen LogP contribution in [0.2, 0.25) is 0 Å². The van der Waals surface area contributed by atoms with Crippen LogP contribution in [0.1, 0.15) is 32.4 Å². The van der Waals surface area contributed by atoms with Gasteiger partial charge in [0.05, 0.1) is 11.3 Å². The molecular formula is C16H26FN3O. The van der Waals surface area contributed by atoms with Crippen LogP contribution in [0.25, 0.3) is 0 Å². The number of para-hydroxylation sites is 1. The van der Waals surface area contributed by atoms with Gasteiger partial charge in [-0.1, -0.05) is 12.1 Å². The fourth-order valence-electron chi connectivity index (χ4n) is 2.91. The number of halogens is 1. The average Bonchev–Trinajstić information content (AvgIpc) is 2.37. The Kier molecular flexibility index (Phi) is 4.86. The van der Waals surface area contributed by atoms with E-state index in [2.05, 4.69) is 9.80 Å². The minimum absolute atomic E-state index is 0.190. The first-order chi connectivity index (χ1) is 9.78. The van der Waals surface area contributed by atoms with Crippen LogP contribution in [0.15, 0.2) is 18.2 Å².